The second kappa shape index (κ2) is 8.72. The molecule has 0 aromatic carbocycles. The van der Waals surface area contributed by atoms with Gasteiger partial charge < -0.3 is 0 Å². The van der Waals surface area contributed by atoms with Crippen LogP contribution in [0.5, 0.6) is 0 Å². The third kappa shape index (κ3) is 8.72. The van der Waals surface area contributed by atoms with Gasteiger partial charge in [-0.05, 0) is 0 Å². The van der Waals surface area contributed by atoms with Gasteiger partial charge in [0.1, 0.15) is 0 Å². The quantitative estimate of drug-likeness (QED) is 0.415. The van der Waals surface area contributed by atoms with Crippen molar-refractivity contribution in [1.29, 1.82) is 0 Å². The van der Waals surface area contributed by atoms with E-state index in [4.69, 9.17) is 4.74 Å². The van der Waals surface area contributed by atoms with Gasteiger partial charge in [0.05, 0.1) is 0 Å². The molecule has 0 unspecified atom stereocenters. The Balaban J connectivity index is 2.60. The molecule has 0 heterocycles. The monoisotopic (exact) mass is 237 g/mol. The first-order valence-corrected chi connectivity index (χ1v) is 7.44. The fourth-order valence-electron chi connectivity index (χ4n) is 0.399. The van der Waals surface area contributed by atoms with Crippen LogP contribution in [0.2, 0.25) is 4.44 Å². The van der Waals surface area contributed by atoms with Gasteiger partial charge in [-0.1, -0.05) is 0 Å². The summed E-state index contributed by atoms with van der Waals surface area (Å²) >= 11 is -0.102. The van der Waals surface area contributed by atoms with E-state index in [1.165, 1.54) is 4.44 Å². The van der Waals surface area contributed by atoms with Crippen molar-refractivity contribution in [1.82, 2.24) is 5.32 Å². The molecule has 0 atom stereocenters. The van der Waals surface area contributed by atoms with E-state index in [2.05, 4.69) is 19.2 Å². The Morgan fingerprint density at radius 2 is 2.22 bits per heavy atom. The molecule has 0 aliphatic heterocycles. The summed E-state index contributed by atoms with van der Waals surface area (Å²) < 4.78 is 7.73. The van der Waals surface area contributed by atoms with E-state index in [-0.39, 0.29) is 21.1 Å². The molecule has 0 amide bonds. The van der Waals surface area contributed by atoms with Crippen LogP contribution in [-0.4, -0.2) is 39.0 Å². The summed E-state index contributed by atoms with van der Waals surface area (Å²) in [5, 5.41) is 3.11. The SMILES string of the molecule is CCNCO[CH2][Sn+2][CH2]C. The van der Waals surface area contributed by atoms with Crippen LogP contribution in [0.3, 0.4) is 0 Å². The van der Waals surface area contributed by atoms with Gasteiger partial charge in [0.15, 0.2) is 0 Å². The molecule has 0 saturated carbocycles. The van der Waals surface area contributed by atoms with E-state index >= 15 is 0 Å². The Kier molecular flexibility index (Phi) is 9.41. The summed E-state index contributed by atoms with van der Waals surface area (Å²) in [6.07, 6.45) is 0. The Morgan fingerprint density at radius 1 is 1.44 bits per heavy atom. The molecule has 0 bridgehead atoms. The van der Waals surface area contributed by atoms with E-state index in [0.29, 0.717) is 0 Å². The van der Waals surface area contributed by atoms with Crippen molar-refractivity contribution in [2.75, 3.05) is 17.9 Å². The fourth-order valence-corrected chi connectivity index (χ4v) is 1.69. The molecule has 2 nitrogen and oxygen atoms in total. The molecular formula is C6H15NOSn+2. The Bertz CT molecular complexity index is 46.3. The molecule has 0 spiro atoms. The van der Waals surface area contributed by atoms with Gasteiger partial charge in [-0.15, -0.1) is 0 Å². The van der Waals surface area contributed by atoms with Gasteiger partial charge >= 0.3 is 67.4 Å². The van der Waals surface area contributed by atoms with Crippen LogP contribution in [0.1, 0.15) is 13.8 Å². The molecule has 0 aromatic heterocycles. The summed E-state index contributed by atoms with van der Waals surface area (Å²) in [7, 11) is 0. The Labute approximate surface area is 67.6 Å². The molecule has 0 saturated heterocycles. The van der Waals surface area contributed by atoms with E-state index < -0.39 is 0 Å². The minimum absolute atomic E-state index is 0.102. The first-order chi connectivity index (χ1) is 4.41. The van der Waals surface area contributed by atoms with Crippen molar-refractivity contribution < 1.29 is 4.74 Å². The molecule has 9 heavy (non-hydrogen) atoms. The maximum absolute atomic E-state index is 5.28. The molecule has 0 fully saturated rings. The van der Waals surface area contributed by atoms with Crippen molar-refractivity contribution in [2.24, 2.45) is 0 Å². The summed E-state index contributed by atoms with van der Waals surface area (Å²) in [6, 6.07) is 0. The number of nitrogens with one attached hydrogen (secondary N) is 1. The van der Waals surface area contributed by atoms with Crippen LogP contribution in [0.15, 0.2) is 0 Å². The molecule has 1 N–H and O–H groups in total. The van der Waals surface area contributed by atoms with Crippen molar-refractivity contribution >= 4 is 21.1 Å². The summed E-state index contributed by atoms with van der Waals surface area (Å²) in [5.74, 6) is 0. The summed E-state index contributed by atoms with van der Waals surface area (Å²) in [4.78, 5) is 0. The number of hydrogen-bond acceptors (Lipinski definition) is 2. The van der Waals surface area contributed by atoms with Crippen molar-refractivity contribution in [3.63, 3.8) is 0 Å². The van der Waals surface area contributed by atoms with Crippen LogP contribution < -0.4 is 5.32 Å². The number of hydrogen-bond donors (Lipinski definition) is 1. The average molecular weight is 236 g/mol. The fraction of sp³-hybridized carbons (Fsp3) is 1.00. The summed E-state index contributed by atoms with van der Waals surface area (Å²) in [5.41, 5.74) is 0. The molecule has 3 heteroatoms. The molecule has 0 rings (SSSR count). The van der Waals surface area contributed by atoms with Gasteiger partial charge in [-0.25, -0.2) is 0 Å². The third-order valence-corrected chi connectivity index (χ3v) is 3.50. The standard InChI is InChI=1S/C4H10NO.C2H5.Sn/c1-3-5-4-6-2;1-2;/h5H,2-4H2,1H3;1H2,2H3;/q;;+2. The second-order valence-electron chi connectivity index (χ2n) is 1.70. The van der Waals surface area contributed by atoms with E-state index in [9.17, 15) is 0 Å². The first kappa shape index (κ1) is 9.72. The molecule has 0 aromatic rings. The molecule has 0 aliphatic rings. The zero-order chi connectivity index (χ0) is 6.95. The number of rotatable bonds is 6. The molecule has 0 radical (unpaired) electrons. The third-order valence-electron chi connectivity index (χ3n) is 0.908. The normalized spacial score (nSPS) is 9.11. The summed E-state index contributed by atoms with van der Waals surface area (Å²) in [6.45, 7) is 6.08. The predicted octanol–water partition coefficient (Wildman–Crippen LogP) is 0.670. The number of ether oxygens (including phenoxy) is 1. The Morgan fingerprint density at radius 3 is 2.78 bits per heavy atom. The van der Waals surface area contributed by atoms with Crippen molar-refractivity contribution in [3.8, 4) is 0 Å². The zero-order valence-electron chi connectivity index (χ0n) is 6.24. The van der Waals surface area contributed by atoms with E-state index in [1.54, 1.807) is 0 Å². The van der Waals surface area contributed by atoms with Gasteiger partial charge in [0.25, 0.3) is 0 Å². The second-order valence-corrected chi connectivity index (χ2v) is 5.97. The topological polar surface area (TPSA) is 21.3 Å². The van der Waals surface area contributed by atoms with Crippen LogP contribution in [-0.2, 0) is 4.74 Å². The minimum atomic E-state index is -0.102. The van der Waals surface area contributed by atoms with Crippen LogP contribution in [0, 0.1) is 0 Å². The predicted molar refractivity (Wildman–Crippen MR) is 40.7 cm³/mol. The Hall–Kier alpha value is 0.719. The van der Waals surface area contributed by atoms with Gasteiger partial charge in [0.2, 0.25) is 0 Å². The van der Waals surface area contributed by atoms with Crippen LogP contribution >= 0.6 is 0 Å². The van der Waals surface area contributed by atoms with Gasteiger partial charge in [0, 0.05) is 0 Å². The zero-order valence-corrected chi connectivity index (χ0v) is 9.09. The molecular weight excluding hydrogens is 221 g/mol. The van der Waals surface area contributed by atoms with Crippen molar-refractivity contribution in [3.05, 3.63) is 0 Å². The molecule has 0 aliphatic carbocycles. The van der Waals surface area contributed by atoms with E-state index in [1.807, 2.05) is 0 Å². The van der Waals surface area contributed by atoms with Crippen molar-refractivity contribution in [2.45, 2.75) is 18.3 Å². The van der Waals surface area contributed by atoms with Gasteiger partial charge in [-0.2, -0.15) is 0 Å². The van der Waals surface area contributed by atoms with E-state index in [0.717, 1.165) is 17.9 Å². The maximum atomic E-state index is 5.28. The van der Waals surface area contributed by atoms with Gasteiger partial charge in [-0.3, -0.25) is 0 Å². The first-order valence-electron chi connectivity index (χ1n) is 3.41. The van der Waals surface area contributed by atoms with Crippen LogP contribution in [0.25, 0.3) is 0 Å². The van der Waals surface area contributed by atoms with Crippen LogP contribution in [0.4, 0.5) is 0 Å². The molecule has 52 valence electrons. The average Bonchev–Trinajstić information content (AvgIpc) is 1.89.